The molecule has 0 aromatic carbocycles. The summed E-state index contributed by atoms with van der Waals surface area (Å²) in [6.45, 7) is -7.26. The molecule has 66 heavy (non-hydrogen) atoms. The minimum Gasteiger partial charge on any atom is -0.394 e. The predicted octanol–water partition coefficient (Wildman–Crippen LogP) is -17.9. The minimum absolute atomic E-state index is 0. The molecule has 0 aliphatic rings. The molecule has 0 radical (unpaired) electrons. The van der Waals surface area contributed by atoms with Crippen LogP contribution in [0.25, 0.3) is 0 Å². The fourth-order valence-electron chi connectivity index (χ4n) is 3.36. The Morgan fingerprint density at radius 1 is 0.136 bits per heavy atom. The average Bonchev–Trinajstić information content (AvgIpc) is 3.28. The van der Waals surface area contributed by atoms with Gasteiger partial charge in [0.15, 0.2) is 0 Å². The van der Waals surface area contributed by atoms with Crippen LogP contribution in [0.1, 0.15) is 0 Å². The van der Waals surface area contributed by atoms with E-state index < -0.39 is 188 Å². The van der Waals surface area contributed by atoms with Crippen molar-refractivity contribution < 1.29 is 380 Å². The van der Waals surface area contributed by atoms with Crippen molar-refractivity contribution >= 4 is 0 Å². The van der Waals surface area contributed by atoms with E-state index in [1.54, 1.807) is 0 Å². The first-order chi connectivity index (χ1) is 27.7. The largest absolute Gasteiger partial charge is 0.394 e. The molecular weight excluding hydrogens is 1080 g/mol. The Labute approximate surface area is 558 Å². The maximum atomic E-state index is 8.96. The minimum atomic E-state index is -1.67. The maximum Gasteiger partial charge on any atom is 0.111 e. The SMILES string of the molecule is OC[C@@H](O)[C@@H](O)[C@H](O)[C@H](O)CO.OC[C@@H](O)[C@@H](O)[C@H](O)[C@H](O)CO.OC[C@@H](O)[C@@H](O)[C@H](O)[C@H](O)CO.OC[C@@H](O)[C@@H](O)[C@H](O)[C@H](O)CO.OC[C@@H](O)[C@@H](O)[C@H](O)[C@H](O)CO.[Ar].[Ar].[Ar].[Ar].[Ar].[Ar]. The normalized spacial score (nSPS) is 19.5. The molecule has 0 unspecified atom stereocenters. The quantitative estimate of drug-likeness (QED) is 0.0404. The summed E-state index contributed by atoms with van der Waals surface area (Å²) in [7, 11) is 0. The molecule has 0 aliphatic heterocycles. The van der Waals surface area contributed by atoms with Gasteiger partial charge in [-0.1, -0.05) is 0 Å². The van der Waals surface area contributed by atoms with Gasteiger partial charge in [-0.15, -0.1) is 0 Å². The molecule has 0 amide bonds. The van der Waals surface area contributed by atoms with E-state index in [4.69, 9.17) is 153 Å². The van der Waals surface area contributed by atoms with Crippen molar-refractivity contribution in [2.45, 2.75) is 122 Å². The predicted molar refractivity (Wildman–Crippen MR) is 191 cm³/mol. The van der Waals surface area contributed by atoms with E-state index in [0.29, 0.717) is 0 Å². The van der Waals surface area contributed by atoms with Crippen LogP contribution >= 0.6 is 0 Å². The molecule has 0 bridgehead atoms. The second-order valence-electron chi connectivity index (χ2n) is 12.4. The first kappa shape index (κ1) is 97.9. The Morgan fingerprint density at radius 2 is 0.182 bits per heavy atom. The zero-order valence-electron chi connectivity index (χ0n) is 34.2. The van der Waals surface area contributed by atoms with Crippen molar-refractivity contribution in [3.63, 3.8) is 0 Å². The number of rotatable bonds is 25. The summed E-state index contributed by atoms with van der Waals surface area (Å²) in [5.41, 5.74) is 0. The third-order valence-corrected chi connectivity index (χ3v) is 7.56. The Balaban J connectivity index is -0.0000000622. The smallest absolute Gasteiger partial charge is 0.111 e. The summed E-state index contributed by atoms with van der Waals surface area (Å²) >= 11 is 0. The fraction of sp³-hybridized carbons (Fsp3) is 1.00. The monoisotopic (exact) mass is 1150 g/mol. The van der Waals surface area contributed by atoms with Crippen molar-refractivity contribution in [3.8, 4) is 0 Å². The summed E-state index contributed by atoms with van der Waals surface area (Å²) in [6.07, 6.45) is -32.0. The van der Waals surface area contributed by atoms with Gasteiger partial charge in [-0.25, -0.2) is 0 Å². The molecule has 20 atom stereocenters. The van der Waals surface area contributed by atoms with Crippen LogP contribution in [0.2, 0.25) is 0 Å². The van der Waals surface area contributed by atoms with Crippen LogP contribution < -0.4 is 0 Å². The summed E-state index contributed by atoms with van der Waals surface area (Å²) in [5, 5.41) is 261. The van der Waals surface area contributed by atoms with Crippen molar-refractivity contribution in [1.29, 1.82) is 0 Å². The van der Waals surface area contributed by atoms with Crippen molar-refractivity contribution in [2.75, 3.05) is 66.1 Å². The molecule has 30 nitrogen and oxygen atoms in total. The van der Waals surface area contributed by atoms with Gasteiger partial charge in [0.1, 0.15) is 122 Å². The molecule has 418 valence electrons. The Bertz CT molecular complexity index is 715. The molecule has 0 saturated carbocycles. The zero-order chi connectivity index (χ0) is 48.6. The van der Waals surface area contributed by atoms with Crippen LogP contribution in [0.5, 0.6) is 0 Å². The van der Waals surface area contributed by atoms with Crippen molar-refractivity contribution in [2.24, 2.45) is 0 Å². The van der Waals surface area contributed by atoms with Gasteiger partial charge < -0.3 is 153 Å². The van der Waals surface area contributed by atoms with Crippen LogP contribution in [-0.2, 0) is 0 Å². The van der Waals surface area contributed by atoms with Gasteiger partial charge in [0.25, 0.3) is 0 Å². The van der Waals surface area contributed by atoms with Gasteiger partial charge in [-0.2, -0.15) is 0 Å². The summed E-state index contributed by atoms with van der Waals surface area (Å²) < 4.78 is 0. The molecule has 0 saturated heterocycles. The molecule has 36 heteroatoms. The van der Waals surface area contributed by atoms with Gasteiger partial charge in [-0.05, 0) is 0 Å². The maximum absolute atomic E-state index is 8.96. The fourth-order valence-corrected chi connectivity index (χ4v) is 3.36. The van der Waals surface area contributed by atoms with Crippen LogP contribution in [0, 0.1) is 226 Å². The van der Waals surface area contributed by atoms with E-state index in [0.717, 1.165) is 0 Å². The summed E-state index contributed by atoms with van der Waals surface area (Å²) in [5.74, 6) is 0. The Hall–Kier alpha value is 6.36. The van der Waals surface area contributed by atoms with Gasteiger partial charge in [0, 0.05) is 226 Å². The van der Waals surface area contributed by atoms with E-state index in [2.05, 4.69) is 0 Å². The summed E-state index contributed by atoms with van der Waals surface area (Å²) in [6, 6.07) is 0. The first-order valence-electron chi connectivity index (χ1n) is 17.4. The molecule has 0 aliphatic carbocycles. The average molecular weight is 1150 g/mol. The zero-order valence-corrected chi connectivity index (χ0v) is 38.4. The van der Waals surface area contributed by atoms with Gasteiger partial charge in [0.2, 0.25) is 0 Å². The Morgan fingerprint density at radius 3 is 0.212 bits per heavy atom. The van der Waals surface area contributed by atoms with Crippen LogP contribution in [0.3, 0.4) is 0 Å². The molecule has 0 aromatic rings. The number of hydrogen-bond donors (Lipinski definition) is 30. The third-order valence-electron chi connectivity index (χ3n) is 7.56. The number of aliphatic hydroxyl groups excluding tert-OH is 30. The van der Waals surface area contributed by atoms with Crippen molar-refractivity contribution in [3.05, 3.63) is 0 Å². The van der Waals surface area contributed by atoms with Crippen molar-refractivity contribution in [1.82, 2.24) is 0 Å². The van der Waals surface area contributed by atoms with E-state index >= 15 is 0 Å². The number of aliphatic hydroxyl groups is 30. The standard InChI is InChI=1S/5C6H14O6.6Ar/c5*7-1-3(9)5(11)6(12)4(10)2-8;;;;;;/h5*3-12H,1-2H2;;;;;;/t5*3-,4-,5-,6-;;;;;;/m11111....../s1. The third kappa shape index (κ3) is 45.4. The van der Waals surface area contributed by atoms with Crippen LogP contribution in [-0.4, -0.2) is 341 Å². The first-order valence-corrected chi connectivity index (χ1v) is 17.4. The van der Waals surface area contributed by atoms with E-state index in [1.807, 2.05) is 0 Å². The molecular formula is C30H70Ar6O30. The molecule has 0 spiro atoms. The molecule has 0 rings (SSSR count). The topological polar surface area (TPSA) is 607 Å². The second-order valence-corrected chi connectivity index (χ2v) is 12.4. The second kappa shape index (κ2) is 60.6. The van der Waals surface area contributed by atoms with E-state index in [-0.39, 0.29) is 226 Å². The summed E-state index contributed by atoms with van der Waals surface area (Å²) in [4.78, 5) is 0. The van der Waals surface area contributed by atoms with Gasteiger partial charge in [-0.3, -0.25) is 0 Å². The van der Waals surface area contributed by atoms with Gasteiger partial charge >= 0.3 is 0 Å². The van der Waals surface area contributed by atoms with E-state index in [9.17, 15) is 0 Å². The van der Waals surface area contributed by atoms with Crippen LogP contribution in [0.15, 0.2) is 0 Å². The van der Waals surface area contributed by atoms with E-state index in [1.165, 1.54) is 0 Å². The van der Waals surface area contributed by atoms with Gasteiger partial charge in [0.05, 0.1) is 66.1 Å². The molecule has 30 N–H and O–H groups in total. The molecule has 0 fully saturated rings. The molecule has 0 heterocycles. The molecule has 0 aromatic heterocycles. The van der Waals surface area contributed by atoms with Crippen LogP contribution in [0.4, 0.5) is 0 Å². The Kier molecular flexibility index (Phi) is 89.8. The number of hydrogen-bond acceptors (Lipinski definition) is 30.